The smallest absolute Gasteiger partial charge is 0.173 e. The highest BCUT2D eigenvalue weighted by Gasteiger charge is 2.63. The summed E-state index contributed by atoms with van der Waals surface area (Å²) in [5, 5.41) is 0. The van der Waals surface area contributed by atoms with Crippen LogP contribution in [-0.4, -0.2) is 18.0 Å². The summed E-state index contributed by atoms with van der Waals surface area (Å²) in [6.45, 7) is 0.728. The maximum atomic E-state index is 12.1. The number of carbonyl (C=O) groups is 1. The first-order valence-electron chi connectivity index (χ1n) is 5.46. The molecule has 2 aliphatic carbocycles. The number of hydrogen-bond acceptors (Lipinski definition) is 2. The number of rotatable bonds is 0. The molecule has 72 valence electrons. The van der Waals surface area contributed by atoms with Crippen molar-refractivity contribution >= 4 is 5.78 Å². The summed E-state index contributed by atoms with van der Waals surface area (Å²) in [5.74, 6) is 0.458. The molecule has 3 aliphatic rings. The van der Waals surface area contributed by atoms with Crippen LogP contribution in [0.5, 0.6) is 0 Å². The van der Waals surface area contributed by atoms with Gasteiger partial charge in [0.15, 0.2) is 5.78 Å². The summed E-state index contributed by atoms with van der Waals surface area (Å²) in [6.07, 6.45) is 7.82. The van der Waals surface area contributed by atoms with Crippen LogP contribution in [0.15, 0.2) is 0 Å². The van der Waals surface area contributed by atoms with E-state index < -0.39 is 0 Å². The van der Waals surface area contributed by atoms with E-state index in [1.165, 1.54) is 19.3 Å². The molecule has 0 aromatic rings. The lowest BCUT2D eigenvalue weighted by molar-refractivity contribution is -0.136. The van der Waals surface area contributed by atoms with Crippen LogP contribution in [0.4, 0.5) is 0 Å². The Kier molecular flexibility index (Phi) is 1.44. The molecule has 1 heterocycles. The van der Waals surface area contributed by atoms with E-state index in [4.69, 9.17) is 4.74 Å². The maximum Gasteiger partial charge on any atom is 0.173 e. The highest BCUT2D eigenvalue weighted by atomic mass is 16.5. The topological polar surface area (TPSA) is 26.3 Å². The van der Waals surface area contributed by atoms with Gasteiger partial charge in [-0.2, -0.15) is 0 Å². The van der Waals surface area contributed by atoms with Crippen molar-refractivity contribution < 1.29 is 9.53 Å². The first kappa shape index (κ1) is 7.98. The van der Waals surface area contributed by atoms with Gasteiger partial charge in [-0.05, 0) is 25.7 Å². The zero-order valence-corrected chi connectivity index (χ0v) is 7.97. The Hall–Kier alpha value is -0.370. The predicted molar refractivity (Wildman–Crippen MR) is 48.4 cm³/mol. The van der Waals surface area contributed by atoms with Gasteiger partial charge in [-0.25, -0.2) is 0 Å². The third-order valence-electron chi connectivity index (χ3n) is 4.04. The molecule has 0 atom stereocenters. The molecule has 0 radical (unpaired) electrons. The van der Waals surface area contributed by atoms with E-state index in [-0.39, 0.29) is 11.0 Å². The predicted octanol–water partition coefficient (Wildman–Crippen LogP) is 2.07. The fourth-order valence-corrected chi connectivity index (χ4v) is 2.91. The van der Waals surface area contributed by atoms with Crippen LogP contribution in [0.1, 0.15) is 44.9 Å². The molecule has 0 aromatic carbocycles. The molecule has 0 unspecified atom stereocenters. The summed E-state index contributed by atoms with van der Waals surface area (Å²) in [5.41, 5.74) is -0.300. The van der Waals surface area contributed by atoms with Crippen LogP contribution in [0.25, 0.3) is 0 Å². The molecule has 0 aromatic heterocycles. The van der Waals surface area contributed by atoms with Crippen molar-refractivity contribution in [3.05, 3.63) is 0 Å². The van der Waals surface area contributed by atoms with Crippen molar-refractivity contribution in [2.45, 2.75) is 50.5 Å². The van der Waals surface area contributed by atoms with Crippen LogP contribution < -0.4 is 0 Å². The van der Waals surface area contributed by atoms with Crippen LogP contribution in [0, 0.1) is 5.41 Å². The molecule has 13 heavy (non-hydrogen) atoms. The third-order valence-corrected chi connectivity index (χ3v) is 4.04. The monoisotopic (exact) mass is 180 g/mol. The molecule has 3 fully saturated rings. The van der Waals surface area contributed by atoms with Gasteiger partial charge in [-0.3, -0.25) is 4.79 Å². The van der Waals surface area contributed by atoms with E-state index in [1.54, 1.807) is 0 Å². The normalized spacial score (nSPS) is 34.3. The van der Waals surface area contributed by atoms with E-state index in [1.807, 2.05) is 0 Å². The van der Waals surface area contributed by atoms with Crippen LogP contribution in [0.2, 0.25) is 0 Å². The van der Waals surface area contributed by atoms with Gasteiger partial charge < -0.3 is 4.74 Å². The molecule has 2 spiro atoms. The Labute approximate surface area is 78.6 Å². The van der Waals surface area contributed by atoms with Crippen LogP contribution >= 0.6 is 0 Å². The third kappa shape index (κ3) is 0.954. The van der Waals surface area contributed by atoms with Crippen molar-refractivity contribution in [1.82, 2.24) is 0 Å². The minimum absolute atomic E-state index is 0.0112. The Morgan fingerprint density at radius 2 is 1.69 bits per heavy atom. The lowest BCUT2D eigenvalue weighted by atomic mass is 9.79. The SMILES string of the molecule is O=C1C2(CC2)COC12CCCCC2. The highest BCUT2D eigenvalue weighted by Crippen LogP contribution is 2.57. The standard InChI is InChI=1S/C11H16O2/c12-9-10(6-7-10)8-13-11(9)4-2-1-3-5-11/h1-8H2. The number of ether oxygens (including phenoxy) is 1. The fraction of sp³-hybridized carbons (Fsp3) is 0.909. The first-order valence-corrected chi connectivity index (χ1v) is 5.46. The lowest BCUT2D eigenvalue weighted by Crippen LogP contribution is -2.39. The average Bonchev–Trinajstić information content (AvgIpc) is 2.92. The van der Waals surface area contributed by atoms with Crippen molar-refractivity contribution in [2.75, 3.05) is 6.61 Å². The number of Topliss-reactive ketones (excluding diaryl/α,β-unsaturated/α-hetero) is 1. The maximum absolute atomic E-state index is 12.1. The Bertz CT molecular complexity index is 247. The first-order chi connectivity index (χ1) is 6.28. The molecule has 0 N–H and O–H groups in total. The van der Waals surface area contributed by atoms with Gasteiger partial charge in [0.05, 0.1) is 12.0 Å². The molecular weight excluding hydrogens is 164 g/mol. The van der Waals surface area contributed by atoms with Crippen molar-refractivity contribution in [3.63, 3.8) is 0 Å². The minimum Gasteiger partial charge on any atom is -0.366 e. The van der Waals surface area contributed by atoms with E-state index in [9.17, 15) is 4.79 Å². The zero-order chi connectivity index (χ0) is 8.94. The van der Waals surface area contributed by atoms with Gasteiger partial charge in [-0.15, -0.1) is 0 Å². The Balaban J connectivity index is 1.87. The van der Waals surface area contributed by atoms with E-state index >= 15 is 0 Å². The summed E-state index contributed by atoms with van der Waals surface area (Å²) >= 11 is 0. The number of hydrogen-bond donors (Lipinski definition) is 0. The summed E-state index contributed by atoms with van der Waals surface area (Å²) < 4.78 is 5.82. The van der Waals surface area contributed by atoms with E-state index in [0.29, 0.717) is 5.78 Å². The van der Waals surface area contributed by atoms with Gasteiger partial charge in [0.25, 0.3) is 0 Å². The summed E-state index contributed by atoms with van der Waals surface area (Å²) in [4.78, 5) is 12.1. The van der Waals surface area contributed by atoms with E-state index in [0.717, 1.165) is 32.3 Å². The van der Waals surface area contributed by atoms with Crippen LogP contribution in [-0.2, 0) is 9.53 Å². The van der Waals surface area contributed by atoms with Crippen molar-refractivity contribution in [3.8, 4) is 0 Å². The molecule has 3 rings (SSSR count). The summed E-state index contributed by atoms with van der Waals surface area (Å²) in [7, 11) is 0. The van der Waals surface area contributed by atoms with Crippen molar-refractivity contribution in [1.29, 1.82) is 0 Å². The molecule has 2 heteroatoms. The Morgan fingerprint density at radius 1 is 1.00 bits per heavy atom. The molecule has 2 nitrogen and oxygen atoms in total. The molecular formula is C11H16O2. The molecule has 0 amide bonds. The molecule has 1 saturated heterocycles. The van der Waals surface area contributed by atoms with Crippen LogP contribution in [0.3, 0.4) is 0 Å². The second-order valence-electron chi connectivity index (χ2n) is 4.95. The van der Waals surface area contributed by atoms with Crippen molar-refractivity contribution in [2.24, 2.45) is 5.41 Å². The average molecular weight is 180 g/mol. The van der Waals surface area contributed by atoms with Gasteiger partial charge >= 0.3 is 0 Å². The van der Waals surface area contributed by atoms with Gasteiger partial charge in [-0.1, -0.05) is 19.3 Å². The number of ketones is 1. The Morgan fingerprint density at radius 3 is 2.23 bits per heavy atom. The molecule has 2 saturated carbocycles. The second-order valence-corrected chi connectivity index (χ2v) is 4.95. The zero-order valence-electron chi connectivity index (χ0n) is 7.97. The molecule has 1 aliphatic heterocycles. The van der Waals surface area contributed by atoms with Gasteiger partial charge in [0.2, 0.25) is 0 Å². The summed E-state index contributed by atoms with van der Waals surface area (Å²) in [6, 6.07) is 0. The van der Waals surface area contributed by atoms with Gasteiger partial charge in [0, 0.05) is 0 Å². The van der Waals surface area contributed by atoms with Gasteiger partial charge in [0.1, 0.15) is 5.60 Å². The van der Waals surface area contributed by atoms with E-state index in [2.05, 4.69) is 0 Å². The second kappa shape index (κ2) is 2.35. The molecule has 0 bridgehead atoms. The fourth-order valence-electron chi connectivity index (χ4n) is 2.91. The largest absolute Gasteiger partial charge is 0.366 e. The number of carbonyl (C=O) groups excluding carboxylic acids is 1. The minimum atomic E-state index is -0.311. The lowest BCUT2D eigenvalue weighted by Gasteiger charge is -2.30. The highest BCUT2D eigenvalue weighted by molar-refractivity contribution is 5.96. The quantitative estimate of drug-likeness (QED) is 0.570.